The van der Waals surface area contributed by atoms with Gasteiger partial charge in [-0.25, -0.2) is 0 Å². The Morgan fingerprint density at radius 2 is 0.788 bits per heavy atom. The van der Waals surface area contributed by atoms with E-state index in [-0.39, 0.29) is 0 Å². The summed E-state index contributed by atoms with van der Waals surface area (Å²) in [7, 11) is 0. The molecule has 0 amide bonds. The van der Waals surface area contributed by atoms with Gasteiger partial charge in [-0.1, -0.05) is 106 Å². The summed E-state index contributed by atoms with van der Waals surface area (Å²) in [6.07, 6.45) is 31.6. The molecule has 0 aliphatic heterocycles. The molecule has 0 spiro atoms. The van der Waals surface area contributed by atoms with E-state index >= 15 is 0 Å². The van der Waals surface area contributed by atoms with Gasteiger partial charge in [0.1, 0.15) is 11.5 Å². The third-order valence-electron chi connectivity index (χ3n) is 9.96. The Morgan fingerprint density at radius 3 is 1.15 bits per heavy atom. The first-order valence-corrected chi connectivity index (χ1v) is 20.3. The van der Waals surface area contributed by atoms with Crippen LogP contribution in [0, 0.1) is 6.92 Å². The molecule has 0 heterocycles. The fraction of sp³-hybridized carbons (Fsp3) is 0.520. The van der Waals surface area contributed by atoms with Crippen LogP contribution in [0.4, 0.5) is 0 Å². The van der Waals surface area contributed by atoms with Crippen molar-refractivity contribution in [3.05, 3.63) is 117 Å². The molecule has 0 aliphatic carbocycles. The Bertz CT molecular complexity index is 1600. The van der Waals surface area contributed by atoms with Crippen LogP contribution in [-0.2, 0) is 6.42 Å². The highest BCUT2D eigenvalue weighted by Gasteiger charge is 2.18. The molecule has 0 fully saturated rings. The molecule has 2 aromatic carbocycles. The molecule has 2 rings (SSSR count). The predicted octanol–water partition coefficient (Wildman–Crippen LogP) is 15.8. The molecule has 286 valence electrons. The Balaban J connectivity index is 1.76. The van der Waals surface area contributed by atoms with Gasteiger partial charge in [0.15, 0.2) is 0 Å². The van der Waals surface area contributed by atoms with Gasteiger partial charge in [-0.3, -0.25) is 0 Å². The highest BCUT2D eigenvalue weighted by atomic mass is 16.5. The van der Waals surface area contributed by atoms with Gasteiger partial charge in [-0.15, -0.1) is 0 Å². The van der Waals surface area contributed by atoms with Crippen LogP contribution in [0.1, 0.15) is 157 Å². The Labute approximate surface area is 320 Å². The summed E-state index contributed by atoms with van der Waals surface area (Å²) in [6, 6.07) is 8.46. The van der Waals surface area contributed by atoms with Crippen molar-refractivity contribution in [2.24, 2.45) is 0 Å². The van der Waals surface area contributed by atoms with Crippen molar-refractivity contribution in [3.63, 3.8) is 0 Å². The van der Waals surface area contributed by atoms with E-state index in [1.54, 1.807) is 0 Å². The molecule has 0 bridgehead atoms. The maximum Gasteiger partial charge on any atom is 0.131 e. The first-order valence-electron chi connectivity index (χ1n) is 20.3. The second kappa shape index (κ2) is 25.5. The van der Waals surface area contributed by atoms with Gasteiger partial charge in [-0.2, -0.15) is 0 Å². The summed E-state index contributed by atoms with van der Waals surface area (Å²) in [6.45, 7) is 25.7. The number of benzene rings is 2. The lowest BCUT2D eigenvalue weighted by Gasteiger charge is -2.20. The summed E-state index contributed by atoms with van der Waals surface area (Å²) < 4.78 is 12.4. The Hall–Kier alpha value is -3.52. The van der Waals surface area contributed by atoms with Crippen LogP contribution in [0.5, 0.6) is 11.5 Å². The molecule has 2 aromatic rings. The zero-order chi connectivity index (χ0) is 38.3. The lowest BCUT2D eigenvalue weighted by atomic mass is 9.95. The first-order chi connectivity index (χ1) is 25.0. The number of hydrogen-bond acceptors (Lipinski definition) is 2. The highest BCUT2D eigenvalue weighted by molar-refractivity contribution is 5.96. The lowest BCUT2D eigenvalue weighted by molar-refractivity contribution is 0.332. The second-order valence-corrected chi connectivity index (χ2v) is 15.2. The standard InChI is InChI=1S/C50H74O2/c1-12-51-49-45(11)46(50(52-13-2)48-35-15-14-34-47(48)49)37-36-44(10)33-21-32-43(9)31-20-30-42(8)29-19-28-41(7)27-18-26-40(6)25-17-24-39(5)23-16-22-38(3)4/h14-15,22,24,26,28,30,32,34-36H,12-13,16-21,23,25,27,29,31,33,37H2,1-11H3. The second-order valence-electron chi connectivity index (χ2n) is 15.2. The van der Waals surface area contributed by atoms with Crippen molar-refractivity contribution >= 4 is 10.8 Å². The van der Waals surface area contributed by atoms with Crippen molar-refractivity contribution in [1.82, 2.24) is 0 Å². The molecule has 0 unspecified atom stereocenters. The topological polar surface area (TPSA) is 18.5 Å². The predicted molar refractivity (Wildman–Crippen MR) is 232 cm³/mol. The van der Waals surface area contributed by atoms with Gasteiger partial charge in [0.05, 0.1) is 13.2 Å². The van der Waals surface area contributed by atoms with E-state index in [0.717, 1.165) is 80.1 Å². The zero-order valence-electron chi connectivity index (χ0n) is 35.3. The molecule has 0 aromatic heterocycles. The average molecular weight is 707 g/mol. The molecule has 0 radical (unpaired) electrons. The first kappa shape index (κ1) is 44.6. The number of allylic oxidation sites excluding steroid dienone is 14. The molecule has 0 aliphatic rings. The van der Waals surface area contributed by atoms with E-state index in [1.165, 1.54) is 75.8 Å². The molecule has 2 heteroatoms. The quantitative estimate of drug-likeness (QED) is 0.101. The Kier molecular flexibility index (Phi) is 21.9. The van der Waals surface area contributed by atoms with E-state index in [0.29, 0.717) is 13.2 Å². The third-order valence-corrected chi connectivity index (χ3v) is 9.96. The van der Waals surface area contributed by atoms with Crippen LogP contribution >= 0.6 is 0 Å². The van der Waals surface area contributed by atoms with Crippen LogP contribution in [-0.4, -0.2) is 13.2 Å². The lowest BCUT2D eigenvalue weighted by Crippen LogP contribution is -2.04. The summed E-state index contributed by atoms with van der Waals surface area (Å²) in [5.74, 6) is 1.99. The molecule has 0 N–H and O–H groups in total. The van der Waals surface area contributed by atoms with E-state index in [9.17, 15) is 0 Å². The van der Waals surface area contributed by atoms with Crippen LogP contribution < -0.4 is 9.47 Å². The number of fused-ring (bicyclic) bond motifs is 1. The van der Waals surface area contributed by atoms with Crippen molar-refractivity contribution in [2.45, 2.75) is 160 Å². The van der Waals surface area contributed by atoms with Crippen molar-refractivity contribution in [2.75, 3.05) is 13.2 Å². The van der Waals surface area contributed by atoms with E-state index in [2.05, 4.69) is 143 Å². The van der Waals surface area contributed by atoms with Crippen molar-refractivity contribution in [1.29, 1.82) is 0 Å². The van der Waals surface area contributed by atoms with Crippen molar-refractivity contribution in [3.8, 4) is 11.5 Å². The fourth-order valence-corrected chi connectivity index (χ4v) is 6.64. The largest absolute Gasteiger partial charge is 0.493 e. The minimum Gasteiger partial charge on any atom is -0.493 e. The average Bonchev–Trinajstić information content (AvgIpc) is 3.09. The van der Waals surface area contributed by atoms with Gasteiger partial charge >= 0.3 is 0 Å². The van der Waals surface area contributed by atoms with Gasteiger partial charge < -0.3 is 9.47 Å². The molecule has 0 saturated heterocycles. The van der Waals surface area contributed by atoms with Crippen molar-refractivity contribution < 1.29 is 9.47 Å². The number of rotatable bonds is 24. The molecule has 0 saturated carbocycles. The maximum absolute atomic E-state index is 6.24. The smallest absolute Gasteiger partial charge is 0.131 e. The monoisotopic (exact) mass is 707 g/mol. The minimum absolute atomic E-state index is 0.650. The summed E-state index contributed by atoms with van der Waals surface area (Å²) in [4.78, 5) is 0. The van der Waals surface area contributed by atoms with Crippen LogP contribution in [0.15, 0.2) is 106 Å². The molecule has 52 heavy (non-hydrogen) atoms. The maximum atomic E-state index is 6.24. The number of ether oxygens (including phenoxy) is 2. The van der Waals surface area contributed by atoms with Crippen LogP contribution in [0.25, 0.3) is 10.8 Å². The van der Waals surface area contributed by atoms with Gasteiger partial charge in [0, 0.05) is 16.3 Å². The summed E-state index contributed by atoms with van der Waals surface area (Å²) >= 11 is 0. The third kappa shape index (κ3) is 17.3. The Morgan fingerprint density at radius 1 is 0.462 bits per heavy atom. The summed E-state index contributed by atoms with van der Waals surface area (Å²) in [5.41, 5.74) is 12.8. The normalized spacial score (nSPS) is 13.6. The van der Waals surface area contributed by atoms with Crippen LogP contribution in [0.3, 0.4) is 0 Å². The summed E-state index contributed by atoms with van der Waals surface area (Å²) in [5, 5.41) is 2.27. The highest BCUT2D eigenvalue weighted by Crippen LogP contribution is 2.41. The van der Waals surface area contributed by atoms with Crippen LogP contribution in [0.2, 0.25) is 0 Å². The fourth-order valence-electron chi connectivity index (χ4n) is 6.64. The molecule has 0 atom stereocenters. The number of hydrogen-bond donors (Lipinski definition) is 0. The molecule has 2 nitrogen and oxygen atoms in total. The van der Waals surface area contributed by atoms with Gasteiger partial charge in [-0.05, 0) is 165 Å². The molecular formula is C50H74O2. The van der Waals surface area contributed by atoms with Gasteiger partial charge in [0.2, 0.25) is 0 Å². The zero-order valence-corrected chi connectivity index (χ0v) is 35.3. The van der Waals surface area contributed by atoms with E-state index in [1.807, 2.05) is 0 Å². The van der Waals surface area contributed by atoms with E-state index in [4.69, 9.17) is 9.47 Å². The van der Waals surface area contributed by atoms with E-state index < -0.39 is 0 Å². The molecular weight excluding hydrogens is 633 g/mol. The van der Waals surface area contributed by atoms with Gasteiger partial charge in [0.25, 0.3) is 0 Å². The minimum atomic E-state index is 0.650. The SMILES string of the molecule is CCOc1c(C)c(CC=C(C)CCC=C(C)CCC=C(C)CCC=C(C)CCC=C(C)CCC=C(C)CCC=C(C)C)c(OCC)c2ccccc12.